The van der Waals surface area contributed by atoms with Gasteiger partial charge in [0.25, 0.3) is 0 Å². The van der Waals surface area contributed by atoms with Gasteiger partial charge in [0.05, 0.1) is 12.7 Å². The molecule has 0 unspecified atom stereocenters. The molecule has 0 saturated carbocycles. The van der Waals surface area contributed by atoms with E-state index in [0.29, 0.717) is 6.54 Å². The number of ether oxygens (including phenoxy) is 2. The van der Waals surface area contributed by atoms with Crippen LogP contribution in [-0.2, 0) is 11.2 Å². The quantitative estimate of drug-likeness (QED) is 0.595. The number of hydrogen-bond acceptors (Lipinski definition) is 3. The Hall–Kier alpha value is -1.75. The lowest BCUT2D eigenvalue weighted by atomic mass is 10.1. The Labute approximate surface area is 127 Å². The molecule has 21 heavy (non-hydrogen) atoms. The van der Waals surface area contributed by atoms with Crippen molar-refractivity contribution in [3.8, 4) is 5.75 Å². The minimum Gasteiger partial charge on any atom is -0.496 e. The lowest BCUT2D eigenvalue weighted by molar-refractivity contribution is 0.0268. The van der Waals surface area contributed by atoms with Crippen molar-refractivity contribution in [3.05, 3.63) is 29.8 Å². The van der Waals surface area contributed by atoms with E-state index in [9.17, 15) is 0 Å². The summed E-state index contributed by atoms with van der Waals surface area (Å²) in [5.41, 5.74) is 0.959. The molecule has 0 aliphatic rings. The number of para-hydroxylation sites is 1. The SMILES string of the molecule is CN=C(NCCc1ccccc1OC)NCC(C)(C)OC. The first-order chi connectivity index (χ1) is 10.0. The summed E-state index contributed by atoms with van der Waals surface area (Å²) in [6.07, 6.45) is 0.873. The Morgan fingerprint density at radius 2 is 1.90 bits per heavy atom. The molecule has 0 amide bonds. The molecule has 0 spiro atoms. The van der Waals surface area contributed by atoms with Crippen molar-refractivity contribution < 1.29 is 9.47 Å². The highest BCUT2D eigenvalue weighted by atomic mass is 16.5. The normalized spacial score (nSPS) is 12.1. The molecule has 0 aromatic heterocycles. The fraction of sp³-hybridized carbons (Fsp3) is 0.562. The summed E-state index contributed by atoms with van der Waals surface area (Å²) in [5, 5.41) is 6.55. The molecule has 1 rings (SSSR count). The van der Waals surface area contributed by atoms with Crippen molar-refractivity contribution in [3.63, 3.8) is 0 Å². The molecule has 0 radical (unpaired) electrons. The van der Waals surface area contributed by atoms with Crippen LogP contribution in [0.1, 0.15) is 19.4 Å². The van der Waals surface area contributed by atoms with Crippen LogP contribution in [0.3, 0.4) is 0 Å². The minimum absolute atomic E-state index is 0.222. The van der Waals surface area contributed by atoms with Crippen LogP contribution < -0.4 is 15.4 Å². The molecule has 0 saturated heterocycles. The van der Waals surface area contributed by atoms with Gasteiger partial charge < -0.3 is 20.1 Å². The molecule has 0 heterocycles. The van der Waals surface area contributed by atoms with Gasteiger partial charge in [0.15, 0.2) is 5.96 Å². The molecule has 0 atom stereocenters. The maximum absolute atomic E-state index is 5.37. The van der Waals surface area contributed by atoms with Crippen molar-refractivity contribution >= 4 is 5.96 Å². The van der Waals surface area contributed by atoms with Gasteiger partial charge in [-0.25, -0.2) is 0 Å². The molecule has 5 heteroatoms. The zero-order chi connectivity index (χ0) is 15.7. The van der Waals surface area contributed by atoms with E-state index < -0.39 is 0 Å². The highest BCUT2D eigenvalue weighted by molar-refractivity contribution is 5.79. The van der Waals surface area contributed by atoms with E-state index in [2.05, 4.69) is 21.7 Å². The third-order valence-electron chi connectivity index (χ3n) is 3.34. The van der Waals surface area contributed by atoms with Crippen molar-refractivity contribution in [1.29, 1.82) is 0 Å². The molecule has 0 aliphatic heterocycles. The predicted molar refractivity (Wildman–Crippen MR) is 87.2 cm³/mol. The molecule has 5 nitrogen and oxygen atoms in total. The molecule has 1 aromatic rings. The number of nitrogens with zero attached hydrogens (tertiary/aromatic N) is 1. The van der Waals surface area contributed by atoms with Gasteiger partial charge in [-0.05, 0) is 31.9 Å². The average Bonchev–Trinajstić information content (AvgIpc) is 2.51. The minimum atomic E-state index is -0.222. The van der Waals surface area contributed by atoms with Gasteiger partial charge in [0.2, 0.25) is 0 Å². The van der Waals surface area contributed by atoms with E-state index in [1.54, 1.807) is 21.3 Å². The second-order valence-corrected chi connectivity index (χ2v) is 5.38. The number of hydrogen-bond donors (Lipinski definition) is 2. The van der Waals surface area contributed by atoms with Gasteiger partial charge in [-0.3, -0.25) is 4.99 Å². The Balaban J connectivity index is 2.42. The summed E-state index contributed by atoms with van der Waals surface area (Å²) in [7, 11) is 5.16. The second-order valence-electron chi connectivity index (χ2n) is 5.38. The fourth-order valence-corrected chi connectivity index (χ4v) is 1.81. The lowest BCUT2D eigenvalue weighted by Crippen LogP contribution is -2.45. The maximum Gasteiger partial charge on any atom is 0.191 e. The monoisotopic (exact) mass is 293 g/mol. The van der Waals surface area contributed by atoms with E-state index in [1.807, 2.05) is 32.0 Å². The smallest absolute Gasteiger partial charge is 0.191 e. The zero-order valence-corrected chi connectivity index (χ0v) is 13.7. The maximum atomic E-state index is 5.37. The summed E-state index contributed by atoms with van der Waals surface area (Å²) in [6, 6.07) is 8.05. The largest absolute Gasteiger partial charge is 0.496 e. The van der Waals surface area contributed by atoms with Crippen molar-refractivity contribution in [1.82, 2.24) is 10.6 Å². The summed E-state index contributed by atoms with van der Waals surface area (Å²) < 4.78 is 10.7. The van der Waals surface area contributed by atoms with Crippen LogP contribution in [0.2, 0.25) is 0 Å². The van der Waals surface area contributed by atoms with Gasteiger partial charge in [0, 0.05) is 27.2 Å². The second kappa shape index (κ2) is 8.52. The Bertz CT molecular complexity index is 459. The number of benzene rings is 1. The van der Waals surface area contributed by atoms with Crippen LogP contribution in [0, 0.1) is 0 Å². The van der Waals surface area contributed by atoms with E-state index >= 15 is 0 Å². The summed E-state index contributed by atoms with van der Waals surface area (Å²) >= 11 is 0. The molecular weight excluding hydrogens is 266 g/mol. The number of methoxy groups -OCH3 is 2. The topological polar surface area (TPSA) is 54.9 Å². The van der Waals surface area contributed by atoms with Crippen molar-refractivity contribution in [2.45, 2.75) is 25.9 Å². The molecule has 2 N–H and O–H groups in total. The average molecular weight is 293 g/mol. The zero-order valence-electron chi connectivity index (χ0n) is 13.7. The highest BCUT2D eigenvalue weighted by Crippen LogP contribution is 2.17. The Morgan fingerprint density at radius 3 is 2.52 bits per heavy atom. The van der Waals surface area contributed by atoms with Crippen molar-refractivity contribution in [2.24, 2.45) is 4.99 Å². The summed E-state index contributed by atoms with van der Waals surface area (Å²) in [6.45, 7) is 5.54. The van der Waals surface area contributed by atoms with Gasteiger partial charge in [0.1, 0.15) is 5.75 Å². The van der Waals surface area contributed by atoms with E-state index in [-0.39, 0.29) is 5.60 Å². The first-order valence-corrected chi connectivity index (χ1v) is 7.14. The summed E-state index contributed by atoms with van der Waals surface area (Å²) in [4.78, 5) is 4.21. The number of rotatable bonds is 7. The molecule has 0 aliphatic carbocycles. The molecule has 0 fully saturated rings. The standard InChI is InChI=1S/C16H27N3O2/c1-16(2,21-5)12-19-15(17-3)18-11-10-13-8-6-7-9-14(13)20-4/h6-9H,10-12H2,1-5H3,(H2,17,18,19). The number of nitrogens with one attached hydrogen (secondary N) is 2. The van der Waals surface area contributed by atoms with E-state index in [1.165, 1.54) is 5.56 Å². The first kappa shape index (κ1) is 17.3. The van der Waals surface area contributed by atoms with Gasteiger partial charge in [-0.15, -0.1) is 0 Å². The third kappa shape index (κ3) is 6.04. The summed E-state index contributed by atoms with van der Waals surface area (Å²) in [5.74, 6) is 1.69. The highest BCUT2D eigenvalue weighted by Gasteiger charge is 2.16. The molecule has 0 bridgehead atoms. The molecule has 1 aromatic carbocycles. The Morgan fingerprint density at radius 1 is 1.19 bits per heavy atom. The third-order valence-corrected chi connectivity index (χ3v) is 3.34. The van der Waals surface area contributed by atoms with Gasteiger partial charge in [-0.2, -0.15) is 0 Å². The van der Waals surface area contributed by atoms with Crippen LogP contribution in [0.25, 0.3) is 0 Å². The van der Waals surface area contributed by atoms with Crippen molar-refractivity contribution in [2.75, 3.05) is 34.4 Å². The van der Waals surface area contributed by atoms with Crippen LogP contribution in [0.15, 0.2) is 29.3 Å². The van der Waals surface area contributed by atoms with Gasteiger partial charge >= 0.3 is 0 Å². The molecular formula is C16H27N3O2. The van der Waals surface area contributed by atoms with Crippen LogP contribution >= 0.6 is 0 Å². The predicted octanol–water partition coefficient (Wildman–Crippen LogP) is 1.83. The fourth-order valence-electron chi connectivity index (χ4n) is 1.81. The van der Waals surface area contributed by atoms with Crippen LogP contribution in [0.4, 0.5) is 0 Å². The first-order valence-electron chi connectivity index (χ1n) is 7.14. The number of guanidine groups is 1. The van der Waals surface area contributed by atoms with E-state index in [0.717, 1.165) is 24.7 Å². The van der Waals surface area contributed by atoms with Gasteiger partial charge in [-0.1, -0.05) is 18.2 Å². The molecule has 118 valence electrons. The number of aliphatic imine (C=N–C) groups is 1. The lowest BCUT2D eigenvalue weighted by Gasteiger charge is -2.24. The van der Waals surface area contributed by atoms with E-state index in [4.69, 9.17) is 9.47 Å². The van der Waals surface area contributed by atoms with Crippen LogP contribution in [-0.4, -0.2) is 45.9 Å². The Kier molecular flexibility index (Phi) is 7.02. The van der Waals surface area contributed by atoms with Crippen LogP contribution in [0.5, 0.6) is 5.75 Å².